The van der Waals surface area contributed by atoms with E-state index in [1.54, 1.807) is 20.8 Å². The molecule has 0 aliphatic carbocycles. The third-order valence-electron chi connectivity index (χ3n) is 2.80. The standard InChI is InChI=1S/C9H18NO2.2C5H8O2.ClH/c1-8(2)9(11)12-7-6-10(3,4)5;2*1-3-4(2)5(6)7;/h1,6-7H2,2-5H3;2*2-3H2,1H3,(H,6,7);1H/q+1;;;. The molecule has 0 rings (SSSR count). The molecule has 2 N–H and O–H groups in total. The summed E-state index contributed by atoms with van der Waals surface area (Å²) in [6.45, 7) is 16.5. The summed E-state index contributed by atoms with van der Waals surface area (Å²) in [6, 6.07) is 0. The molecule has 0 aromatic carbocycles. The molecule has 0 aromatic heterocycles. The van der Waals surface area contributed by atoms with Gasteiger partial charge in [0.1, 0.15) is 13.2 Å². The van der Waals surface area contributed by atoms with Crippen LogP contribution in [0.2, 0.25) is 0 Å². The second-order valence-corrected chi connectivity index (χ2v) is 6.45. The van der Waals surface area contributed by atoms with Crippen LogP contribution >= 0.6 is 12.4 Å². The average Bonchev–Trinajstić information content (AvgIpc) is 2.52. The Balaban J connectivity index is -0.000000153. The molecule has 0 saturated heterocycles. The summed E-state index contributed by atoms with van der Waals surface area (Å²) >= 11 is 0. The fourth-order valence-corrected chi connectivity index (χ4v) is 0.838. The third kappa shape index (κ3) is 26.2. The zero-order valence-electron chi connectivity index (χ0n) is 17.3. The van der Waals surface area contributed by atoms with Crippen molar-refractivity contribution in [2.75, 3.05) is 34.3 Å². The molecule has 0 amide bonds. The second kappa shape index (κ2) is 17.3. The highest BCUT2D eigenvalue weighted by Gasteiger charge is 2.09. The Bertz CT molecular complexity index is 495. The van der Waals surface area contributed by atoms with E-state index in [1.165, 1.54) is 0 Å². The average molecular weight is 409 g/mol. The second-order valence-electron chi connectivity index (χ2n) is 6.45. The SMILES string of the molecule is C=C(C)C(=O)OCC[N+](C)(C)C.C=C(CC)C(=O)O.C=C(CC)C(=O)O.Cl. The van der Waals surface area contributed by atoms with Crippen LogP contribution in [0.25, 0.3) is 0 Å². The van der Waals surface area contributed by atoms with Crippen molar-refractivity contribution in [2.45, 2.75) is 33.6 Å². The molecule has 8 heteroatoms. The molecular formula is C19H35ClNO6+. The summed E-state index contributed by atoms with van der Waals surface area (Å²) < 4.78 is 5.72. The number of carboxylic acid groups (broad SMARTS) is 2. The topological polar surface area (TPSA) is 101 Å². The van der Waals surface area contributed by atoms with Crippen molar-refractivity contribution in [1.29, 1.82) is 0 Å². The molecule has 0 radical (unpaired) electrons. The van der Waals surface area contributed by atoms with Gasteiger partial charge in [0.2, 0.25) is 0 Å². The molecule has 0 atom stereocenters. The smallest absolute Gasteiger partial charge is 0.333 e. The fourth-order valence-electron chi connectivity index (χ4n) is 0.838. The molecule has 0 heterocycles. The highest BCUT2D eigenvalue weighted by atomic mass is 35.5. The van der Waals surface area contributed by atoms with Crippen molar-refractivity contribution < 1.29 is 33.8 Å². The van der Waals surface area contributed by atoms with E-state index in [9.17, 15) is 14.4 Å². The molecule has 0 aliphatic heterocycles. The lowest BCUT2D eigenvalue weighted by Crippen LogP contribution is -2.38. The largest absolute Gasteiger partial charge is 0.478 e. The van der Waals surface area contributed by atoms with Crippen LogP contribution in [-0.2, 0) is 19.1 Å². The van der Waals surface area contributed by atoms with Crippen molar-refractivity contribution in [3.8, 4) is 0 Å². The molecule has 0 saturated carbocycles. The maximum atomic E-state index is 10.9. The minimum Gasteiger partial charge on any atom is -0.478 e. The molecule has 27 heavy (non-hydrogen) atoms. The monoisotopic (exact) mass is 408 g/mol. The molecule has 0 aliphatic rings. The lowest BCUT2D eigenvalue weighted by atomic mass is 10.2. The summed E-state index contributed by atoms with van der Waals surface area (Å²) in [6.07, 6.45) is 1.05. The lowest BCUT2D eigenvalue weighted by Gasteiger charge is -2.23. The van der Waals surface area contributed by atoms with Crippen LogP contribution in [0.1, 0.15) is 33.6 Å². The molecule has 0 unspecified atom stereocenters. The Morgan fingerprint density at radius 2 is 1.22 bits per heavy atom. The van der Waals surface area contributed by atoms with Gasteiger partial charge in [0.15, 0.2) is 0 Å². The Hall–Kier alpha value is -2.12. The number of hydrogen-bond acceptors (Lipinski definition) is 4. The molecule has 0 spiro atoms. The maximum Gasteiger partial charge on any atom is 0.333 e. The van der Waals surface area contributed by atoms with E-state index in [1.807, 2.05) is 0 Å². The van der Waals surface area contributed by atoms with E-state index >= 15 is 0 Å². The zero-order valence-corrected chi connectivity index (χ0v) is 18.1. The van der Waals surface area contributed by atoms with Crippen molar-refractivity contribution in [3.05, 3.63) is 36.5 Å². The summed E-state index contributed by atoms with van der Waals surface area (Å²) in [5.41, 5.74) is 0.983. The number of halogens is 1. The molecule has 158 valence electrons. The Labute approximate surface area is 169 Å². The molecule has 7 nitrogen and oxygen atoms in total. The quantitative estimate of drug-likeness (QED) is 0.363. The van der Waals surface area contributed by atoms with Gasteiger partial charge in [-0.2, -0.15) is 0 Å². The van der Waals surface area contributed by atoms with Gasteiger partial charge in [-0.25, -0.2) is 14.4 Å². The number of carbonyl (C=O) groups is 3. The van der Waals surface area contributed by atoms with Gasteiger partial charge >= 0.3 is 17.9 Å². The number of aliphatic carboxylic acids is 2. The van der Waals surface area contributed by atoms with Gasteiger partial charge in [-0.1, -0.05) is 33.6 Å². The highest BCUT2D eigenvalue weighted by molar-refractivity contribution is 5.87. The highest BCUT2D eigenvalue weighted by Crippen LogP contribution is 1.95. The minimum atomic E-state index is -0.900. The normalized spacial score (nSPS) is 9.11. The number of quaternary nitrogens is 1. The van der Waals surface area contributed by atoms with Gasteiger partial charge in [-0.15, -0.1) is 12.4 Å². The van der Waals surface area contributed by atoms with E-state index < -0.39 is 11.9 Å². The van der Waals surface area contributed by atoms with Crippen LogP contribution in [-0.4, -0.2) is 66.9 Å². The zero-order chi connectivity index (χ0) is 21.5. The lowest BCUT2D eigenvalue weighted by molar-refractivity contribution is -0.870. The van der Waals surface area contributed by atoms with Gasteiger partial charge in [-0.3, -0.25) is 0 Å². The Kier molecular flexibility index (Phi) is 20.9. The number of esters is 1. The van der Waals surface area contributed by atoms with E-state index in [0.717, 1.165) is 11.0 Å². The van der Waals surface area contributed by atoms with Crippen LogP contribution in [0.3, 0.4) is 0 Å². The maximum absolute atomic E-state index is 10.9. The first-order valence-corrected chi connectivity index (χ1v) is 8.14. The van der Waals surface area contributed by atoms with E-state index in [-0.39, 0.29) is 29.5 Å². The first-order valence-electron chi connectivity index (χ1n) is 8.14. The Morgan fingerprint density at radius 1 is 0.889 bits per heavy atom. The third-order valence-corrected chi connectivity index (χ3v) is 2.80. The number of nitrogens with zero attached hydrogens (tertiary/aromatic N) is 1. The minimum absolute atomic E-state index is 0. The summed E-state index contributed by atoms with van der Waals surface area (Å²) in [7, 11) is 6.15. The predicted molar refractivity (Wildman–Crippen MR) is 110 cm³/mol. The van der Waals surface area contributed by atoms with Crippen LogP contribution in [0.5, 0.6) is 0 Å². The van der Waals surface area contributed by atoms with E-state index in [2.05, 4.69) is 40.9 Å². The molecule has 0 bridgehead atoms. The Morgan fingerprint density at radius 3 is 1.37 bits per heavy atom. The van der Waals surface area contributed by atoms with Gasteiger partial charge < -0.3 is 19.4 Å². The fraction of sp³-hybridized carbons (Fsp3) is 0.526. The van der Waals surface area contributed by atoms with Crippen molar-refractivity contribution >= 4 is 30.3 Å². The van der Waals surface area contributed by atoms with Gasteiger partial charge in [0, 0.05) is 16.7 Å². The number of carbonyl (C=O) groups excluding carboxylic acids is 1. The number of hydrogen-bond donors (Lipinski definition) is 2. The van der Waals surface area contributed by atoms with Crippen molar-refractivity contribution in [2.24, 2.45) is 0 Å². The van der Waals surface area contributed by atoms with Crippen LogP contribution in [0.15, 0.2) is 36.5 Å². The number of rotatable bonds is 8. The van der Waals surface area contributed by atoms with Crippen molar-refractivity contribution in [1.82, 2.24) is 0 Å². The summed E-state index contributed by atoms with van der Waals surface area (Å²) in [5, 5.41) is 16.2. The van der Waals surface area contributed by atoms with Gasteiger partial charge in [0.25, 0.3) is 0 Å². The number of likely N-dealkylation sites (N-methyl/N-ethyl adjacent to an activating group) is 1. The molecular weight excluding hydrogens is 374 g/mol. The van der Waals surface area contributed by atoms with E-state index in [4.69, 9.17) is 14.9 Å². The number of ether oxygens (including phenoxy) is 1. The first-order chi connectivity index (χ1) is 11.7. The van der Waals surface area contributed by atoms with Crippen LogP contribution < -0.4 is 0 Å². The summed E-state index contributed by atoms with van der Waals surface area (Å²) in [4.78, 5) is 30.6. The predicted octanol–water partition coefficient (Wildman–Crippen LogP) is 3.31. The molecule has 0 fully saturated rings. The summed E-state index contributed by atoms with van der Waals surface area (Å²) in [5.74, 6) is -2.10. The van der Waals surface area contributed by atoms with Crippen LogP contribution in [0.4, 0.5) is 0 Å². The van der Waals surface area contributed by atoms with Crippen molar-refractivity contribution in [3.63, 3.8) is 0 Å². The van der Waals surface area contributed by atoms with Gasteiger partial charge in [0.05, 0.1) is 21.1 Å². The molecule has 0 aromatic rings. The van der Waals surface area contributed by atoms with Gasteiger partial charge in [-0.05, 0) is 19.8 Å². The first kappa shape index (κ1) is 32.5. The van der Waals surface area contributed by atoms with E-state index in [0.29, 0.717) is 25.0 Å². The number of carboxylic acids is 2. The van der Waals surface area contributed by atoms with Crippen LogP contribution in [0, 0.1) is 0 Å².